The van der Waals surface area contributed by atoms with E-state index in [1.807, 2.05) is 0 Å². The van der Waals surface area contributed by atoms with Gasteiger partial charge in [0, 0.05) is 37.2 Å². The van der Waals surface area contributed by atoms with Gasteiger partial charge in [-0.1, -0.05) is 0 Å². The highest BCUT2D eigenvalue weighted by atomic mass is 19.4. The highest BCUT2D eigenvalue weighted by Gasteiger charge is 2.32. The molecule has 0 aliphatic carbocycles. The van der Waals surface area contributed by atoms with Crippen LogP contribution in [-0.2, 0) is 18.0 Å². The molecule has 0 aromatic carbocycles. The van der Waals surface area contributed by atoms with Gasteiger partial charge in [0.25, 0.3) is 5.56 Å². The number of hydrogen-bond acceptors (Lipinski definition) is 6. The molecule has 0 N–H and O–H groups in total. The second-order valence-corrected chi connectivity index (χ2v) is 7.56. The summed E-state index contributed by atoms with van der Waals surface area (Å²) >= 11 is 0. The molecule has 1 aliphatic rings. The maximum absolute atomic E-state index is 13.3. The molecule has 0 bridgehead atoms. The van der Waals surface area contributed by atoms with E-state index in [-0.39, 0.29) is 11.6 Å². The van der Waals surface area contributed by atoms with Crippen molar-refractivity contribution in [1.29, 1.82) is 0 Å². The molecular formula is C21H17F3N6O2. The molecule has 0 amide bonds. The zero-order chi connectivity index (χ0) is 22.5. The van der Waals surface area contributed by atoms with Gasteiger partial charge in [-0.05, 0) is 24.6 Å². The van der Waals surface area contributed by atoms with E-state index in [1.165, 1.54) is 17.0 Å². The largest absolute Gasteiger partial charge is 0.433 e. The SMILES string of the molecule is Cn1cc(-c2nc(-c3ccc(C(F)(F)F)nc3)cc3c(=O)n([C@H]4CCOC4)cnc23)cn1. The molecule has 11 heteroatoms. The van der Waals surface area contributed by atoms with Gasteiger partial charge in [-0.2, -0.15) is 18.3 Å². The Morgan fingerprint density at radius 2 is 2.00 bits per heavy atom. The Hall–Kier alpha value is -3.60. The molecule has 32 heavy (non-hydrogen) atoms. The molecule has 0 saturated carbocycles. The Morgan fingerprint density at radius 1 is 1.16 bits per heavy atom. The van der Waals surface area contributed by atoms with E-state index < -0.39 is 11.9 Å². The zero-order valence-electron chi connectivity index (χ0n) is 16.9. The summed E-state index contributed by atoms with van der Waals surface area (Å²) in [5.41, 5.74) is 0.840. The molecule has 5 heterocycles. The van der Waals surface area contributed by atoms with Crippen LogP contribution in [0.5, 0.6) is 0 Å². The predicted molar refractivity (Wildman–Crippen MR) is 109 cm³/mol. The van der Waals surface area contributed by atoms with E-state index in [1.54, 1.807) is 30.2 Å². The van der Waals surface area contributed by atoms with Crippen molar-refractivity contribution < 1.29 is 17.9 Å². The molecule has 5 rings (SSSR count). The fraction of sp³-hybridized carbons (Fsp3) is 0.286. The molecule has 1 fully saturated rings. The van der Waals surface area contributed by atoms with Crippen molar-refractivity contribution in [3.05, 3.63) is 59.2 Å². The summed E-state index contributed by atoms with van der Waals surface area (Å²) in [5.74, 6) is 0. The molecule has 0 radical (unpaired) electrons. The van der Waals surface area contributed by atoms with E-state index in [9.17, 15) is 18.0 Å². The summed E-state index contributed by atoms with van der Waals surface area (Å²) in [6.07, 6.45) is 2.07. The normalized spacial score (nSPS) is 16.7. The fourth-order valence-corrected chi connectivity index (χ4v) is 3.75. The van der Waals surface area contributed by atoms with Crippen LogP contribution in [-0.4, -0.2) is 42.5 Å². The van der Waals surface area contributed by atoms with Gasteiger partial charge in [0.1, 0.15) is 16.9 Å². The minimum atomic E-state index is -4.54. The third kappa shape index (κ3) is 3.54. The lowest BCUT2D eigenvalue weighted by Crippen LogP contribution is -2.25. The van der Waals surface area contributed by atoms with Gasteiger partial charge in [-0.25, -0.2) is 9.97 Å². The van der Waals surface area contributed by atoms with Crippen LogP contribution >= 0.6 is 0 Å². The van der Waals surface area contributed by atoms with Crippen LogP contribution in [0, 0.1) is 0 Å². The van der Waals surface area contributed by atoms with Gasteiger partial charge in [-0.3, -0.25) is 19.0 Å². The van der Waals surface area contributed by atoms with Crippen molar-refractivity contribution in [2.24, 2.45) is 7.05 Å². The number of fused-ring (bicyclic) bond motifs is 1. The predicted octanol–water partition coefficient (Wildman–Crippen LogP) is 3.23. The Labute approximate surface area is 179 Å². The molecule has 4 aromatic rings. The van der Waals surface area contributed by atoms with Gasteiger partial charge in [-0.15, -0.1) is 0 Å². The first kappa shape index (κ1) is 20.3. The van der Waals surface area contributed by atoms with Gasteiger partial charge in [0.15, 0.2) is 0 Å². The van der Waals surface area contributed by atoms with Gasteiger partial charge in [0.2, 0.25) is 0 Å². The highest BCUT2D eigenvalue weighted by Crippen LogP contribution is 2.31. The van der Waals surface area contributed by atoms with Crippen molar-refractivity contribution in [3.63, 3.8) is 0 Å². The molecule has 4 aromatic heterocycles. The van der Waals surface area contributed by atoms with Crippen molar-refractivity contribution in [1.82, 2.24) is 29.3 Å². The summed E-state index contributed by atoms with van der Waals surface area (Å²) in [6, 6.07) is 3.60. The minimum Gasteiger partial charge on any atom is -0.379 e. The summed E-state index contributed by atoms with van der Waals surface area (Å²) in [4.78, 5) is 25.9. The number of aromatic nitrogens is 6. The number of pyridine rings is 2. The summed E-state index contributed by atoms with van der Waals surface area (Å²) in [7, 11) is 1.75. The summed E-state index contributed by atoms with van der Waals surface area (Å²) in [5, 5.41) is 4.46. The second-order valence-electron chi connectivity index (χ2n) is 7.56. The topological polar surface area (TPSA) is 87.7 Å². The van der Waals surface area contributed by atoms with Crippen molar-refractivity contribution in [2.75, 3.05) is 13.2 Å². The summed E-state index contributed by atoms with van der Waals surface area (Å²) in [6.45, 7) is 0.984. The molecule has 1 saturated heterocycles. The average Bonchev–Trinajstić information content (AvgIpc) is 3.45. The average molecular weight is 442 g/mol. The van der Waals surface area contributed by atoms with Crippen LogP contribution in [0.25, 0.3) is 33.4 Å². The van der Waals surface area contributed by atoms with Crippen molar-refractivity contribution in [2.45, 2.75) is 18.6 Å². The molecule has 8 nitrogen and oxygen atoms in total. The van der Waals surface area contributed by atoms with Crippen LogP contribution in [0.15, 0.2) is 47.9 Å². The highest BCUT2D eigenvalue weighted by molar-refractivity contribution is 5.93. The van der Waals surface area contributed by atoms with Gasteiger partial charge < -0.3 is 4.74 Å². The first-order chi connectivity index (χ1) is 15.3. The van der Waals surface area contributed by atoms with Crippen LogP contribution < -0.4 is 5.56 Å². The Kier molecular flexibility index (Phi) is 4.77. The first-order valence-electron chi connectivity index (χ1n) is 9.83. The van der Waals surface area contributed by atoms with E-state index in [4.69, 9.17) is 4.74 Å². The number of aryl methyl sites for hydroxylation is 1. The van der Waals surface area contributed by atoms with E-state index >= 15 is 0 Å². The lowest BCUT2D eigenvalue weighted by atomic mass is 10.1. The lowest BCUT2D eigenvalue weighted by molar-refractivity contribution is -0.141. The minimum absolute atomic E-state index is 0.120. The van der Waals surface area contributed by atoms with Gasteiger partial charge in [0.05, 0.1) is 36.3 Å². The molecule has 0 unspecified atom stereocenters. The maximum atomic E-state index is 13.3. The first-order valence-corrected chi connectivity index (χ1v) is 9.83. The second kappa shape index (κ2) is 7.52. The van der Waals surface area contributed by atoms with Crippen molar-refractivity contribution in [3.8, 4) is 22.5 Å². The van der Waals surface area contributed by atoms with Crippen LogP contribution in [0.1, 0.15) is 18.2 Å². The van der Waals surface area contributed by atoms with Crippen LogP contribution in [0.3, 0.4) is 0 Å². The quantitative estimate of drug-likeness (QED) is 0.484. The van der Waals surface area contributed by atoms with E-state index in [0.717, 1.165) is 12.3 Å². The van der Waals surface area contributed by atoms with Crippen LogP contribution in [0.2, 0.25) is 0 Å². The molecular weight excluding hydrogens is 425 g/mol. The molecule has 0 spiro atoms. The van der Waals surface area contributed by atoms with E-state index in [2.05, 4.69) is 20.1 Å². The molecule has 1 aliphatic heterocycles. The monoisotopic (exact) mass is 442 g/mol. The number of alkyl halides is 3. The fourth-order valence-electron chi connectivity index (χ4n) is 3.75. The lowest BCUT2D eigenvalue weighted by Gasteiger charge is -2.14. The standard InChI is InChI=1S/C21H17F3N6O2/c1-29-9-13(8-27-29)18-19-15(20(31)30(11-26-19)14-4-5-32-10-14)6-16(28-18)12-2-3-17(25-7-12)21(22,23)24/h2-3,6-9,11,14H,4-5,10H2,1H3/t14-/m0/s1. The Morgan fingerprint density at radius 3 is 2.62 bits per heavy atom. The van der Waals surface area contributed by atoms with Crippen LogP contribution in [0.4, 0.5) is 13.2 Å². The maximum Gasteiger partial charge on any atom is 0.433 e. The molecule has 164 valence electrons. The third-order valence-electron chi connectivity index (χ3n) is 5.40. The smallest absolute Gasteiger partial charge is 0.379 e. The number of rotatable bonds is 3. The Balaban J connectivity index is 1.72. The van der Waals surface area contributed by atoms with Crippen molar-refractivity contribution >= 4 is 10.9 Å². The Bertz CT molecular complexity index is 1350. The zero-order valence-corrected chi connectivity index (χ0v) is 16.9. The number of hydrogen-bond donors (Lipinski definition) is 0. The number of ether oxygens (including phenoxy) is 1. The third-order valence-corrected chi connectivity index (χ3v) is 5.40. The van der Waals surface area contributed by atoms with Gasteiger partial charge >= 0.3 is 6.18 Å². The number of nitrogens with zero attached hydrogens (tertiary/aromatic N) is 6. The number of halogens is 3. The molecule has 1 atom stereocenters. The van der Waals surface area contributed by atoms with E-state index in [0.29, 0.717) is 53.1 Å². The summed E-state index contributed by atoms with van der Waals surface area (Å²) < 4.78 is 47.3.